The van der Waals surface area contributed by atoms with Crippen LogP contribution in [0.25, 0.3) is 0 Å². The van der Waals surface area contributed by atoms with E-state index >= 15 is 0 Å². The second kappa shape index (κ2) is 8.82. The van der Waals surface area contributed by atoms with E-state index in [0.29, 0.717) is 25.7 Å². The lowest BCUT2D eigenvalue weighted by atomic mass is 10.1. The van der Waals surface area contributed by atoms with Crippen LogP contribution in [0.5, 0.6) is 0 Å². The van der Waals surface area contributed by atoms with Gasteiger partial charge in [0.15, 0.2) is 0 Å². The average Bonchev–Trinajstić information content (AvgIpc) is 2.37. The number of likely N-dealkylation sites (N-methyl/N-ethyl adjacent to an activating group) is 1. The zero-order valence-corrected chi connectivity index (χ0v) is 11.8. The summed E-state index contributed by atoms with van der Waals surface area (Å²) in [6.07, 6.45) is 1.79. The molecule has 18 heavy (non-hydrogen) atoms. The third-order valence-electron chi connectivity index (χ3n) is 3.48. The van der Waals surface area contributed by atoms with E-state index in [1.807, 2.05) is 0 Å². The molecular formula is C13H29N3O2. The van der Waals surface area contributed by atoms with Gasteiger partial charge in [-0.25, -0.2) is 0 Å². The number of nitrogens with two attached hydrogens (primary N) is 1. The first-order valence-electron chi connectivity index (χ1n) is 7.05. The maximum atomic E-state index is 9.96. The van der Waals surface area contributed by atoms with Gasteiger partial charge in [0.1, 0.15) is 0 Å². The lowest BCUT2D eigenvalue weighted by Crippen LogP contribution is -2.56. The number of rotatable bonds is 8. The highest BCUT2D eigenvalue weighted by molar-refractivity contribution is 4.82. The van der Waals surface area contributed by atoms with Crippen LogP contribution in [-0.4, -0.2) is 80.0 Å². The van der Waals surface area contributed by atoms with Gasteiger partial charge in [-0.15, -0.1) is 0 Å². The molecule has 1 saturated heterocycles. The summed E-state index contributed by atoms with van der Waals surface area (Å²) in [5.74, 6) is 0. The Morgan fingerprint density at radius 1 is 1.44 bits per heavy atom. The van der Waals surface area contributed by atoms with E-state index < -0.39 is 6.10 Å². The molecule has 5 heteroatoms. The second-order valence-corrected chi connectivity index (χ2v) is 5.23. The van der Waals surface area contributed by atoms with Gasteiger partial charge in [0.05, 0.1) is 12.7 Å². The van der Waals surface area contributed by atoms with Gasteiger partial charge >= 0.3 is 0 Å². The van der Waals surface area contributed by atoms with E-state index in [1.165, 1.54) is 0 Å². The fourth-order valence-corrected chi connectivity index (χ4v) is 2.30. The number of aliphatic hydroxyl groups excluding tert-OH is 1. The highest BCUT2D eigenvalue weighted by atomic mass is 16.5. The Hall–Kier alpha value is -0.200. The fraction of sp³-hybridized carbons (Fsp3) is 1.00. The predicted molar refractivity (Wildman–Crippen MR) is 73.6 cm³/mol. The largest absolute Gasteiger partial charge is 0.389 e. The van der Waals surface area contributed by atoms with Gasteiger partial charge in [-0.1, -0.05) is 13.3 Å². The van der Waals surface area contributed by atoms with Crippen molar-refractivity contribution in [1.29, 1.82) is 0 Å². The van der Waals surface area contributed by atoms with Gasteiger partial charge < -0.3 is 20.5 Å². The fourth-order valence-electron chi connectivity index (χ4n) is 2.30. The number of unbranched alkanes of at least 4 members (excludes halogenated alkanes) is 1. The van der Waals surface area contributed by atoms with Gasteiger partial charge in [0.2, 0.25) is 0 Å². The molecule has 2 unspecified atom stereocenters. The molecule has 2 atom stereocenters. The first kappa shape index (κ1) is 15.9. The molecule has 3 N–H and O–H groups in total. The van der Waals surface area contributed by atoms with Crippen molar-refractivity contribution in [3.63, 3.8) is 0 Å². The third-order valence-corrected chi connectivity index (χ3v) is 3.48. The highest BCUT2D eigenvalue weighted by Gasteiger charge is 2.25. The number of β-amino-alcohol motifs (C(OH)–C–C–N with tert-alkyl or cyclic N) is 1. The number of hydrogen-bond acceptors (Lipinski definition) is 5. The molecular weight excluding hydrogens is 230 g/mol. The zero-order chi connectivity index (χ0) is 13.4. The predicted octanol–water partition coefficient (Wildman–Crippen LogP) is -0.261. The molecule has 0 amide bonds. The van der Waals surface area contributed by atoms with Crippen LogP contribution >= 0.6 is 0 Å². The minimum Gasteiger partial charge on any atom is -0.389 e. The van der Waals surface area contributed by atoms with E-state index in [-0.39, 0.29) is 0 Å². The molecule has 0 bridgehead atoms. The summed E-state index contributed by atoms with van der Waals surface area (Å²) in [7, 11) is 2.12. The van der Waals surface area contributed by atoms with E-state index in [0.717, 1.165) is 39.1 Å². The molecule has 1 rings (SSSR count). The molecule has 0 aromatic rings. The van der Waals surface area contributed by atoms with Crippen molar-refractivity contribution in [3.8, 4) is 0 Å². The summed E-state index contributed by atoms with van der Waals surface area (Å²) in [6.45, 7) is 7.63. The molecule has 0 saturated carbocycles. The third kappa shape index (κ3) is 5.63. The normalized spacial score (nSPS) is 24.3. The van der Waals surface area contributed by atoms with E-state index in [4.69, 9.17) is 10.5 Å². The Bertz CT molecular complexity index is 216. The summed E-state index contributed by atoms with van der Waals surface area (Å²) in [5, 5.41) is 9.96. The lowest BCUT2D eigenvalue weighted by Gasteiger charge is -2.40. The Kier molecular flexibility index (Phi) is 7.77. The molecule has 1 aliphatic rings. The Labute approximate surface area is 111 Å². The Morgan fingerprint density at radius 3 is 2.89 bits per heavy atom. The molecule has 0 aromatic heterocycles. The SMILES string of the molecule is CCCCOCC(O)CN1CCN(C)CC1CN. The van der Waals surface area contributed by atoms with Crippen molar-refractivity contribution in [3.05, 3.63) is 0 Å². The summed E-state index contributed by atoms with van der Waals surface area (Å²) in [6, 6.07) is 0.356. The van der Waals surface area contributed by atoms with E-state index in [1.54, 1.807) is 0 Å². The van der Waals surface area contributed by atoms with E-state index in [9.17, 15) is 5.11 Å². The van der Waals surface area contributed by atoms with Crippen LogP contribution in [0, 0.1) is 0 Å². The van der Waals surface area contributed by atoms with Gasteiger partial charge in [0, 0.05) is 45.4 Å². The monoisotopic (exact) mass is 259 g/mol. The molecule has 108 valence electrons. The standard InChI is InChI=1S/C13H29N3O2/c1-3-4-7-18-11-13(17)10-16-6-5-15(2)9-12(16)8-14/h12-13,17H,3-11,14H2,1-2H3. The van der Waals surface area contributed by atoms with Gasteiger partial charge in [0.25, 0.3) is 0 Å². The molecule has 0 radical (unpaired) electrons. The van der Waals surface area contributed by atoms with Gasteiger partial charge in [-0.05, 0) is 13.5 Å². The van der Waals surface area contributed by atoms with Crippen LogP contribution in [-0.2, 0) is 4.74 Å². The summed E-state index contributed by atoms with van der Waals surface area (Å²) in [5.41, 5.74) is 5.79. The van der Waals surface area contributed by atoms with Crippen molar-refractivity contribution < 1.29 is 9.84 Å². The van der Waals surface area contributed by atoms with Crippen molar-refractivity contribution in [2.45, 2.75) is 31.9 Å². The highest BCUT2D eigenvalue weighted by Crippen LogP contribution is 2.08. The van der Waals surface area contributed by atoms with Gasteiger partial charge in [-0.2, -0.15) is 0 Å². The maximum Gasteiger partial charge on any atom is 0.0900 e. The second-order valence-electron chi connectivity index (χ2n) is 5.23. The number of aliphatic hydroxyl groups is 1. The number of ether oxygens (including phenoxy) is 1. The molecule has 0 spiro atoms. The molecule has 1 fully saturated rings. The van der Waals surface area contributed by atoms with Gasteiger partial charge in [-0.3, -0.25) is 4.90 Å². The van der Waals surface area contributed by atoms with Crippen LogP contribution in [0.4, 0.5) is 0 Å². The average molecular weight is 259 g/mol. The maximum absolute atomic E-state index is 9.96. The minimum atomic E-state index is -0.403. The van der Waals surface area contributed by atoms with Crippen LogP contribution in [0.1, 0.15) is 19.8 Å². The zero-order valence-electron chi connectivity index (χ0n) is 11.8. The Morgan fingerprint density at radius 2 is 2.22 bits per heavy atom. The topological polar surface area (TPSA) is 62.0 Å². The van der Waals surface area contributed by atoms with Crippen molar-refractivity contribution in [2.75, 3.05) is 53.0 Å². The smallest absolute Gasteiger partial charge is 0.0900 e. The van der Waals surface area contributed by atoms with E-state index in [2.05, 4.69) is 23.8 Å². The van der Waals surface area contributed by atoms with Crippen LogP contribution in [0.15, 0.2) is 0 Å². The van der Waals surface area contributed by atoms with Crippen LogP contribution in [0.3, 0.4) is 0 Å². The van der Waals surface area contributed by atoms with Crippen molar-refractivity contribution >= 4 is 0 Å². The first-order chi connectivity index (χ1) is 8.67. The number of nitrogens with zero attached hydrogens (tertiary/aromatic N) is 2. The molecule has 5 nitrogen and oxygen atoms in total. The first-order valence-corrected chi connectivity index (χ1v) is 7.05. The van der Waals surface area contributed by atoms with Crippen molar-refractivity contribution in [1.82, 2.24) is 9.80 Å². The number of hydrogen-bond donors (Lipinski definition) is 2. The van der Waals surface area contributed by atoms with Crippen molar-refractivity contribution in [2.24, 2.45) is 5.73 Å². The molecule has 0 aliphatic carbocycles. The molecule has 1 aliphatic heterocycles. The summed E-state index contributed by atoms with van der Waals surface area (Å²) < 4.78 is 5.45. The summed E-state index contributed by atoms with van der Waals surface area (Å²) >= 11 is 0. The number of piperazine rings is 1. The van der Waals surface area contributed by atoms with Crippen LogP contribution in [0.2, 0.25) is 0 Å². The quantitative estimate of drug-likeness (QED) is 0.588. The lowest BCUT2D eigenvalue weighted by molar-refractivity contribution is -0.00556. The Balaban J connectivity index is 2.22. The van der Waals surface area contributed by atoms with Crippen LogP contribution < -0.4 is 5.73 Å². The summed E-state index contributed by atoms with van der Waals surface area (Å²) in [4.78, 5) is 4.58. The minimum absolute atomic E-state index is 0.356. The molecule has 1 heterocycles. The molecule has 0 aromatic carbocycles.